The summed E-state index contributed by atoms with van der Waals surface area (Å²) in [5, 5.41) is 3.27. The monoisotopic (exact) mass is 356 g/mol. The summed E-state index contributed by atoms with van der Waals surface area (Å²) in [5.41, 5.74) is -0.206. The van der Waals surface area contributed by atoms with Crippen LogP contribution in [0.1, 0.15) is 39.3 Å². The molecule has 2 unspecified atom stereocenters. The van der Waals surface area contributed by atoms with E-state index in [0.717, 1.165) is 6.07 Å². The molecular formula is C18H26F2N2O3. The van der Waals surface area contributed by atoms with Gasteiger partial charge in [0.1, 0.15) is 17.2 Å². The van der Waals surface area contributed by atoms with Gasteiger partial charge in [0.15, 0.2) is 0 Å². The zero-order valence-corrected chi connectivity index (χ0v) is 15.3. The lowest BCUT2D eigenvalue weighted by Gasteiger charge is -2.25. The zero-order chi connectivity index (χ0) is 18.8. The van der Waals surface area contributed by atoms with E-state index in [0.29, 0.717) is 18.7 Å². The Hall–Kier alpha value is -1.73. The Balaban J connectivity index is 2.04. The molecule has 1 saturated heterocycles. The molecule has 1 aliphatic heterocycles. The van der Waals surface area contributed by atoms with Gasteiger partial charge in [-0.25, -0.2) is 13.6 Å². The molecule has 0 aliphatic carbocycles. The van der Waals surface area contributed by atoms with Gasteiger partial charge in [-0.15, -0.1) is 0 Å². The van der Waals surface area contributed by atoms with Crippen LogP contribution in [-0.4, -0.2) is 48.9 Å². The van der Waals surface area contributed by atoms with E-state index in [9.17, 15) is 13.6 Å². The first-order chi connectivity index (χ1) is 11.6. The van der Waals surface area contributed by atoms with E-state index in [4.69, 9.17) is 9.47 Å². The number of carbonyl (C=O) groups excluding carboxylic acids is 1. The van der Waals surface area contributed by atoms with Crippen LogP contribution in [0.15, 0.2) is 18.2 Å². The standard InChI is InChI=1S/C18H26F2N2O3/c1-11(13-7-6-12(19)8-14(13)20)21-15-9-22(10-16(15)24-5)17(23)25-18(2,3)4/h6-8,11,15-16,21H,9-10H2,1-5H3/t11?,15?,16-/m0/s1. The number of benzene rings is 1. The van der Waals surface area contributed by atoms with Crippen LogP contribution in [0.3, 0.4) is 0 Å². The van der Waals surface area contributed by atoms with Crippen LogP contribution in [0.4, 0.5) is 13.6 Å². The molecule has 0 saturated carbocycles. The Bertz CT molecular complexity index is 619. The Morgan fingerprint density at radius 3 is 2.56 bits per heavy atom. The summed E-state index contributed by atoms with van der Waals surface area (Å²) >= 11 is 0. The SMILES string of the molecule is CO[C@H]1CN(C(=O)OC(C)(C)C)CC1NC(C)c1ccc(F)cc1F. The average molecular weight is 356 g/mol. The molecule has 1 aliphatic rings. The molecule has 1 fully saturated rings. The summed E-state index contributed by atoms with van der Waals surface area (Å²) in [4.78, 5) is 13.8. The molecule has 0 spiro atoms. The number of hydrogen-bond acceptors (Lipinski definition) is 4. The maximum absolute atomic E-state index is 13.9. The van der Waals surface area contributed by atoms with Crippen LogP contribution in [0.5, 0.6) is 0 Å². The molecule has 1 heterocycles. The Morgan fingerprint density at radius 2 is 2.00 bits per heavy atom. The molecule has 25 heavy (non-hydrogen) atoms. The highest BCUT2D eigenvalue weighted by Crippen LogP contribution is 2.22. The fourth-order valence-electron chi connectivity index (χ4n) is 2.91. The molecule has 0 aromatic heterocycles. The quantitative estimate of drug-likeness (QED) is 0.900. The minimum Gasteiger partial charge on any atom is -0.444 e. The molecule has 140 valence electrons. The summed E-state index contributed by atoms with van der Waals surface area (Å²) in [7, 11) is 1.57. The van der Waals surface area contributed by atoms with Gasteiger partial charge in [0.05, 0.1) is 18.7 Å². The van der Waals surface area contributed by atoms with Crippen molar-refractivity contribution in [3.63, 3.8) is 0 Å². The Labute approximate surface area is 147 Å². The summed E-state index contributed by atoms with van der Waals surface area (Å²) < 4.78 is 37.9. The summed E-state index contributed by atoms with van der Waals surface area (Å²) in [6.07, 6.45) is -0.641. The van der Waals surface area contributed by atoms with Gasteiger partial charge in [0, 0.05) is 31.3 Å². The van der Waals surface area contributed by atoms with Gasteiger partial charge in [-0.3, -0.25) is 0 Å². The molecule has 1 amide bonds. The highest BCUT2D eigenvalue weighted by Gasteiger charge is 2.38. The minimum absolute atomic E-state index is 0.183. The summed E-state index contributed by atoms with van der Waals surface area (Å²) in [5.74, 6) is -1.21. The highest BCUT2D eigenvalue weighted by atomic mass is 19.1. The lowest BCUT2D eigenvalue weighted by molar-refractivity contribution is 0.0252. The van der Waals surface area contributed by atoms with Crippen molar-refractivity contribution in [3.8, 4) is 0 Å². The third-order valence-corrected chi connectivity index (χ3v) is 4.11. The second-order valence-electron chi connectivity index (χ2n) is 7.32. The van der Waals surface area contributed by atoms with E-state index >= 15 is 0 Å². The van der Waals surface area contributed by atoms with E-state index in [1.165, 1.54) is 12.1 Å². The van der Waals surface area contributed by atoms with Crippen molar-refractivity contribution in [3.05, 3.63) is 35.4 Å². The Morgan fingerprint density at radius 1 is 1.32 bits per heavy atom. The van der Waals surface area contributed by atoms with Gasteiger partial charge >= 0.3 is 6.09 Å². The van der Waals surface area contributed by atoms with E-state index in [-0.39, 0.29) is 18.2 Å². The third kappa shape index (κ3) is 5.12. The van der Waals surface area contributed by atoms with Gasteiger partial charge in [0.25, 0.3) is 0 Å². The number of amides is 1. The lowest BCUT2D eigenvalue weighted by Crippen LogP contribution is -2.42. The van der Waals surface area contributed by atoms with E-state index in [2.05, 4.69) is 5.32 Å². The number of likely N-dealkylation sites (tertiary alicyclic amines) is 1. The van der Waals surface area contributed by atoms with Crippen LogP contribution in [-0.2, 0) is 9.47 Å². The fraction of sp³-hybridized carbons (Fsp3) is 0.611. The molecule has 1 aromatic carbocycles. The highest BCUT2D eigenvalue weighted by molar-refractivity contribution is 5.68. The van der Waals surface area contributed by atoms with Gasteiger partial charge in [0.2, 0.25) is 0 Å². The van der Waals surface area contributed by atoms with Gasteiger partial charge in [-0.05, 0) is 33.8 Å². The Kier molecular flexibility index (Phi) is 6.00. The molecule has 5 nitrogen and oxygen atoms in total. The predicted octanol–water partition coefficient (Wildman–Crippen LogP) is 3.25. The normalized spacial score (nSPS) is 22.1. The largest absolute Gasteiger partial charge is 0.444 e. The second-order valence-corrected chi connectivity index (χ2v) is 7.32. The van der Waals surface area contributed by atoms with Crippen LogP contribution >= 0.6 is 0 Å². The van der Waals surface area contributed by atoms with Crippen molar-refractivity contribution in [1.29, 1.82) is 0 Å². The van der Waals surface area contributed by atoms with E-state index in [1.54, 1.807) is 18.9 Å². The van der Waals surface area contributed by atoms with Gasteiger partial charge in [-0.1, -0.05) is 6.07 Å². The second kappa shape index (κ2) is 7.66. The molecule has 3 atom stereocenters. The van der Waals surface area contributed by atoms with Gasteiger partial charge < -0.3 is 19.7 Å². The number of ether oxygens (including phenoxy) is 2. The summed E-state index contributed by atoms with van der Waals surface area (Å²) in [6, 6.07) is 2.97. The molecule has 2 rings (SSSR count). The first-order valence-electron chi connectivity index (χ1n) is 8.32. The number of halogens is 2. The number of rotatable bonds is 4. The first kappa shape index (κ1) is 19.6. The predicted molar refractivity (Wildman–Crippen MR) is 90.3 cm³/mol. The van der Waals surface area contributed by atoms with Gasteiger partial charge in [-0.2, -0.15) is 0 Å². The molecular weight excluding hydrogens is 330 g/mol. The average Bonchev–Trinajstić information content (AvgIpc) is 2.88. The smallest absolute Gasteiger partial charge is 0.410 e. The van der Waals surface area contributed by atoms with Crippen molar-refractivity contribution in [2.45, 2.75) is 51.5 Å². The summed E-state index contributed by atoms with van der Waals surface area (Å²) in [6.45, 7) is 8.00. The van der Waals surface area contributed by atoms with Crippen molar-refractivity contribution < 1.29 is 23.0 Å². The maximum atomic E-state index is 13.9. The molecule has 0 radical (unpaired) electrons. The number of carbonyl (C=O) groups is 1. The van der Waals surface area contributed by atoms with Crippen LogP contribution in [0, 0.1) is 11.6 Å². The molecule has 1 N–H and O–H groups in total. The topological polar surface area (TPSA) is 50.8 Å². The van der Waals surface area contributed by atoms with Crippen LogP contribution in [0.25, 0.3) is 0 Å². The molecule has 0 bridgehead atoms. The number of hydrogen-bond donors (Lipinski definition) is 1. The fourth-order valence-corrected chi connectivity index (χ4v) is 2.91. The van der Waals surface area contributed by atoms with Crippen molar-refractivity contribution >= 4 is 6.09 Å². The maximum Gasteiger partial charge on any atom is 0.410 e. The van der Waals surface area contributed by atoms with Crippen molar-refractivity contribution in [2.24, 2.45) is 0 Å². The van der Waals surface area contributed by atoms with Crippen molar-refractivity contribution in [1.82, 2.24) is 10.2 Å². The number of nitrogens with one attached hydrogen (secondary N) is 1. The number of methoxy groups -OCH3 is 1. The first-order valence-corrected chi connectivity index (χ1v) is 8.32. The van der Waals surface area contributed by atoms with Crippen LogP contribution < -0.4 is 5.32 Å². The molecule has 1 aromatic rings. The molecule has 7 heteroatoms. The van der Waals surface area contributed by atoms with E-state index < -0.39 is 23.3 Å². The third-order valence-electron chi connectivity index (χ3n) is 4.11. The minimum atomic E-state index is -0.611. The van der Waals surface area contributed by atoms with Crippen LogP contribution in [0.2, 0.25) is 0 Å². The lowest BCUT2D eigenvalue weighted by atomic mass is 10.1. The van der Waals surface area contributed by atoms with Crippen molar-refractivity contribution in [2.75, 3.05) is 20.2 Å². The zero-order valence-electron chi connectivity index (χ0n) is 15.3. The number of nitrogens with zero attached hydrogens (tertiary/aromatic N) is 1. The van der Waals surface area contributed by atoms with E-state index in [1.807, 2.05) is 20.8 Å².